The molecule has 6 nitrogen and oxygen atoms in total. The van der Waals surface area contributed by atoms with E-state index in [-0.39, 0.29) is 5.75 Å². The predicted molar refractivity (Wildman–Crippen MR) is 89.3 cm³/mol. The third-order valence-corrected chi connectivity index (χ3v) is 4.89. The van der Waals surface area contributed by atoms with Crippen LogP contribution in [0.3, 0.4) is 0 Å². The molecule has 0 radical (unpaired) electrons. The number of phenols is 3. The highest BCUT2D eigenvalue weighted by atomic mass is 32.1. The lowest BCUT2D eigenvalue weighted by atomic mass is 10.2. The Kier molecular flexibility index (Phi) is 4.38. The molecule has 1 aliphatic rings. The number of aromatic hydroxyl groups is 3. The molecule has 7 heteroatoms. The summed E-state index contributed by atoms with van der Waals surface area (Å²) in [6.45, 7) is 1.94. The van der Waals surface area contributed by atoms with Gasteiger partial charge in [0.25, 0.3) is 0 Å². The highest BCUT2D eigenvalue weighted by Gasteiger charge is 2.14. The molecule has 0 atom stereocenters. The zero-order valence-electron chi connectivity index (χ0n) is 12.8. The number of benzene rings is 1. The van der Waals surface area contributed by atoms with Crippen molar-refractivity contribution in [2.45, 2.75) is 38.6 Å². The minimum absolute atomic E-state index is 0.324. The van der Waals surface area contributed by atoms with Gasteiger partial charge < -0.3 is 15.3 Å². The van der Waals surface area contributed by atoms with Crippen LogP contribution in [0.15, 0.2) is 27.6 Å². The molecule has 3 N–H and O–H groups in total. The molecular weight excluding hydrogens is 314 g/mol. The van der Waals surface area contributed by atoms with E-state index in [0.29, 0.717) is 11.6 Å². The molecule has 0 unspecified atom stereocenters. The summed E-state index contributed by atoms with van der Waals surface area (Å²) < 4.78 is 1.73. The van der Waals surface area contributed by atoms with Gasteiger partial charge in [0.05, 0.1) is 18.0 Å². The molecule has 1 fully saturated rings. The van der Waals surface area contributed by atoms with E-state index < -0.39 is 11.5 Å². The second-order valence-electron chi connectivity index (χ2n) is 5.65. The van der Waals surface area contributed by atoms with E-state index >= 15 is 0 Å². The molecule has 0 bridgehead atoms. The fraction of sp³-hybridized carbons (Fsp3) is 0.375. The summed E-state index contributed by atoms with van der Waals surface area (Å²) in [7, 11) is 0. The highest BCUT2D eigenvalue weighted by Crippen LogP contribution is 2.36. The van der Waals surface area contributed by atoms with Crippen LogP contribution in [0.4, 0.5) is 0 Å². The van der Waals surface area contributed by atoms with Crippen molar-refractivity contribution in [2.24, 2.45) is 10.1 Å². The van der Waals surface area contributed by atoms with Crippen molar-refractivity contribution in [3.8, 4) is 17.2 Å². The van der Waals surface area contributed by atoms with Crippen molar-refractivity contribution < 1.29 is 15.3 Å². The van der Waals surface area contributed by atoms with Gasteiger partial charge in [0.2, 0.25) is 10.6 Å². The van der Waals surface area contributed by atoms with Crippen LogP contribution >= 0.6 is 11.3 Å². The van der Waals surface area contributed by atoms with E-state index in [9.17, 15) is 15.3 Å². The standard InChI is InChI=1S/C16H19N3O3S/c1-10-9-23-16(18-12-4-2-3-5-12)19(10)17-8-11-6-7-13(20)15(22)14(11)21/h6-9,12,20-22H,2-5H2,1H3/b17-8+,18-16?. The lowest BCUT2D eigenvalue weighted by Crippen LogP contribution is -2.15. The van der Waals surface area contributed by atoms with Crippen LogP contribution in [0.25, 0.3) is 0 Å². The quantitative estimate of drug-likeness (QED) is 0.596. The SMILES string of the molecule is Cc1csc(=NC2CCCC2)n1/N=C/c1ccc(O)c(O)c1O. The third-order valence-electron chi connectivity index (χ3n) is 3.94. The topological polar surface area (TPSA) is 90.3 Å². The molecule has 122 valence electrons. The first-order valence-electron chi connectivity index (χ1n) is 7.55. The Morgan fingerprint density at radius 2 is 1.91 bits per heavy atom. The molecule has 1 aromatic heterocycles. The van der Waals surface area contributed by atoms with Crippen LogP contribution in [0.1, 0.15) is 36.9 Å². The molecule has 1 heterocycles. The van der Waals surface area contributed by atoms with Gasteiger partial charge in [-0.15, -0.1) is 11.3 Å². The van der Waals surface area contributed by atoms with Crippen molar-refractivity contribution in [3.05, 3.63) is 33.6 Å². The maximum Gasteiger partial charge on any atom is 0.206 e. The maximum atomic E-state index is 9.84. The number of aromatic nitrogens is 1. The molecule has 0 saturated heterocycles. The van der Waals surface area contributed by atoms with Gasteiger partial charge in [-0.3, -0.25) is 4.99 Å². The number of thiazole rings is 1. The fourth-order valence-electron chi connectivity index (χ4n) is 2.61. The summed E-state index contributed by atoms with van der Waals surface area (Å²) >= 11 is 1.54. The van der Waals surface area contributed by atoms with Crippen molar-refractivity contribution in [1.29, 1.82) is 0 Å². The zero-order valence-corrected chi connectivity index (χ0v) is 13.6. The summed E-state index contributed by atoms with van der Waals surface area (Å²) in [5.41, 5.74) is 1.27. The smallest absolute Gasteiger partial charge is 0.206 e. The lowest BCUT2D eigenvalue weighted by Gasteiger charge is -2.04. The lowest BCUT2D eigenvalue weighted by molar-refractivity contribution is 0.367. The Balaban J connectivity index is 1.94. The van der Waals surface area contributed by atoms with Crippen molar-refractivity contribution >= 4 is 17.6 Å². The number of hydrogen-bond acceptors (Lipinski definition) is 6. The van der Waals surface area contributed by atoms with Gasteiger partial charge in [0.15, 0.2) is 11.5 Å². The largest absolute Gasteiger partial charge is 0.504 e. The van der Waals surface area contributed by atoms with Crippen LogP contribution in [-0.4, -0.2) is 32.3 Å². The Bertz CT molecular complexity index is 801. The van der Waals surface area contributed by atoms with Gasteiger partial charge in [0.1, 0.15) is 0 Å². The van der Waals surface area contributed by atoms with E-state index in [1.807, 2.05) is 12.3 Å². The summed E-state index contributed by atoms with van der Waals surface area (Å²) in [6.07, 6.45) is 6.13. The van der Waals surface area contributed by atoms with Crippen LogP contribution in [0.5, 0.6) is 17.2 Å². The summed E-state index contributed by atoms with van der Waals surface area (Å²) in [4.78, 5) is 5.59. The van der Waals surface area contributed by atoms with Crippen molar-refractivity contribution in [2.75, 3.05) is 0 Å². The first kappa shape index (κ1) is 15.6. The fourth-order valence-corrected chi connectivity index (χ4v) is 3.49. The molecule has 3 rings (SSSR count). The number of rotatable bonds is 3. The van der Waals surface area contributed by atoms with Gasteiger partial charge in [-0.05, 0) is 31.9 Å². The van der Waals surface area contributed by atoms with Gasteiger partial charge in [-0.25, -0.2) is 4.68 Å². The average Bonchev–Trinajstić information content (AvgIpc) is 3.16. The number of aryl methyl sites for hydroxylation is 1. The molecule has 0 aliphatic heterocycles. The van der Waals surface area contributed by atoms with E-state index in [0.717, 1.165) is 23.3 Å². The van der Waals surface area contributed by atoms with Crippen LogP contribution in [0.2, 0.25) is 0 Å². The summed E-state index contributed by atoms with van der Waals surface area (Å²) in [5.74, 6) is -1.30. The van der Waals surface area contributed by atoms with Crippen LogP contribution in [0, 0.1) is 6.92 Å². The third kappa shape index (κ3) is 3.24. The van der Waals surface area contributed by atoms with E-state index in [1.165, 1.54) is 42.5 Å². The molecule has 0 spiro atoms. The summed E-state index contributed by atoms with van der Waals surface area (Å²) in [5, 5.41) is 35.1. The summed E-state index contributed by atoms with van der Waals surface area (Å²) in [6, 6.07) is 3.16. The van der Waals surface area contributed by atoms with E-state index in [2.05, 4.69) is 5.10 Å². The minimum Gasteiger partial charge on any atom is -0.504 e. The Labute approximate surface area is 137 Å². The van der Waals surface area contributed by atoms with Crippen LogP contribution in [-0.2, 0) is 0 Å². The first-order chi connectivity index (χ1) is 11.1. The van der Waals surface area contributed by atoms with Gasteiger partial charge in [-0.2, -0.15) is 5.10 Å². The number of phenolic OH excluding ortho intramolecular Hbond substituents is 3. The monoisotopic (exact) mass is 333 g/mol. The van der Waals surface area contributed by atoms with Crippen LogP contribution < -0.4 is 4.80 Å². The average molecular weight is 333 g/mol. The maximum absolute atomic E-state index is 9.84. The Hall–Kier alpha value is -2.28. The normalized spacial score (nSPS) is 16.7. The second-order valence-corrected chi connectivity index (χ2v) is 6.49. The molecule has 1 aliphatic carbocycles. The minimum atomic E-state index is -0.545. The number of hydrogen-bond donors (Lipinski definition) is 3. The zero-order chi connectivity index (χ0) is 16.4. The first-order valence-corrected chi connectivity index (χ1v) is 8.43. The molecule has 2 aromatic rings. The Morgan fingerprint density at radius 3 is 2.65 bits per heavy atom. The van der Waals surface area contributed by atoms with Gasteiger partial charge in [-0.1, -0.05) is 12.8 Å². The van der Waals surface area contributed by atoms with Gasteiger partial charge in [0, 0.05) is 10.9 Å². The molecule has 1 saturated carbocycles. The predicted octanol–water partition coefficient (Wildman–Crippen LogP) is 2.70. The highest BCUT2D eigenvalue weighted by molar-refractivity contribution is 7.07. The molecular formula is C16H19N3O3S. The van der Waals surface area contributed by atoms with Crippen molar-refractivity contribution in [3.63, 3.8) is 0 Å². The number of nitrogens with zero attached hydrogens (tertiary/aromatic N) is 3. The van der Waals surface area contributed by atoms with E-state index in [1.54, 1.807) is 4.68 Å². The Morgan fingerprint density at radius 1 is 1.17 bits per heavy atom. The van der Waals surface area contributed by atoms with E-state index in [4.69, 9.17) is 4.99 Å². The van der Waals surface area contributed by atoms with Crippen molar-refractivity contribution in [1.82, 2.24) is 4.68 Å². The molecule has 1 aromatic carbocycles. The molecule has 0 amide bonds. The van der Waals surface area contributed by atoms with Gasteiger partial charge >= 0.3 is 0 Å². The molecule has 23 heavy (non-hydrogen) atoms. The second kappa shape index (κ2) is 6.45.